The van der Waals surface area contributed by atoms with Crippen LogP contribution in [0.2, 0.25) is 0 Å². The first kappa shape index (κ1) is 13.0. The minimum Gasteiger partial charge on any atom is -0.496 e. The van der Waals surface area contributed by atoms with Gasteiger partial charge in [-0.15, -0.1) is 0 Å². The highest BCUT2D eigenvalue weighted by Crippen LogP contribution is 2.32. The number of aromatic amines is 2. The number of aromatic nitrogens is 3. The van der Waals surface area contributed by atoms with E-state index in [-0.39, 0.29) is 5.56 Å². The SMILES string of the molecule is CCn1c(=O)[nH]c2c([nH]c3cc(Br)c(OC)cc32)c1=O. The summed E-state index contributed by atoms with van der Waals surface area (Å²) in [6, 6.07) is 3.60. The molecular weight excluding hydrogens is 326 g/mol. The summed E-state index contributed by atoms with van der Waals surface area (Å²) in [5, 5.41) is 0.748. The number of halogens is 1. The number of nitrogens with one attached hydrogen (secondary N) is 2. The first-order valence-electron chi connectivity index (χ1n) is 6.08. The van der Waals surface area contributed by atoms with Gasteiger partial charge in [0, 0.05) is 17.4 Å². The molecule has 0 radical (unpaired) electrons. The van der Waals surface area contributed by atoms with Crippen molar-refractivity contribution >= 4 is 37.9 Å². The molecule has 0 unspecified atom stereocenters. The van der Waals surface area contributed by atoms with E-state index in [1.807, 2.05) is 6.07 Å². The van der Waals surface area contributed by atoms with E-state index in [0.29, 0.717) is 23.3 Å². The average Bonchev–Trinajstić information content (AvgIpc) is 2.76. The largest absolute Gasteiger partial charge is 0.496 e. The van der Waals surface area contributed by atoms with Crippen LogP contribution in [0.25, 0.3) is 21.9 Å². The van der Waals surface area contributed by atoms with Crippen molar-refractivity contribution in [1.82, 2.24) is 14.5 Å². The Morgan fingerprint density at radius 3 is 2.65 bits per heavy atom. The quantitative estimate of drug-likeness (QED) is 0.750. The Balaban J connectivity index is 2.53. The molecule has 0 aliphatic carbocycles. The molecule has 0 aliphatic rings. The number of benzene rings is 1. The molecule has 2 aromatic heterocycles. The topological polar surface area (TPSA) is 79.9 Å². The number of rotatable bonds is 2. The summed E-state index contributed by atoms with van der Waals surface area (Å²) in [7, 11) is 1.56. The summed E-state index contributed by atoms with van der Waals surface area (Å²) in [4.78, 5) is 30.0. The first-order valence-corrected chi connectivity index (χ1v) is 6.88. The van der Waals surface area contributed by atoms with Crippen LogP contribution in [-0.4, -0.2) is 21.6 Å². The number of nitrogens with zero attached hydrogens (tertiary/aromatic N) is 1. The third-order valence-corrected chi connectivity index (χ3v) is 3.94. The Morgan fingerprint density at radius 2 is 2.00 bits per heavy atom. The van der Waals surface area contributed by atoms with Crippen LogP contribution >= 0.6 is 15.9 Å². The maximum absolute atomic E-state index is 12.3. The number of hydrogen-bond acceptors (Lipinski definition) is 3. The molecule has 0 amide bonds. The first-order chi connectivity index (χ1) is 9.56. The van der Waals surface area contributed by atoms with E-state index >= 15 is 0 Å². The Bertz CT molecular complexity index is 936. The number of H-pyrrole nitrogens is 2. The molecule has 0 saturated heterocycles. The monoisotopic (exact) mass is 337 g/mol. The second kappa shape index (κ2) is 4.52. The van der Waals surface area contributed by atoms with Gasteiger partial charge >= 0.3 is 5.69 Å². The molecule has 0 saturated carbocycles. The molecule has 3 rings (SSSR count). The number of ether oxygens (including phenoxy) is 1. The smallest absolute Gasteiger partial charge is 0.328 e. The lowest BCUT2D eigenvalue weighted by molar-refractivity contribution is 0.413. The van der Waals surface area contributed by atoms with Crippen molar-refractivity contribution in [2.45, 2.75) is 13.5 Å². The summed E-state index contributed by atoms with van der Waals surface area (Å²) in [6.45, 7) is 2.08. The molecule has 0 spiro atoms. The van der Waals surface area contributed by atoms with Crippen molar-refractivity contribution in [3.63, 3.8) is 0 Å². The fourth-order valence-electron chi connectivity index (χ4n) is 2.33. The highest BCUT2D eigenvalue weighted by atomic mass is 79.9. The lowest BCUT2D eigenvalue weighted by atomic mass is 10.2. The van der Waals surface area contributed by atoms with Gasteiger partial charge in [-0.2, -0.15) is 0 Å². The highest BCUT2D eigenvalue weighted by molar-refractivity contribution is 9.10. The molecule has 7 heteroatoms. The predicted molar refractivity (Wildman–Crippen MR) is 80.6 cm³/mol. The van der Waals surface area contributed by atoms with Gasteiger partial charge in [0.1, 0.15) is 11.3 Å². The molecule has 0 aliphatic heterocycles. The van der Waals surface area contributed by atoms with Gasteiger partial charge in [0.05, 0.1) is 17.1 Å². The van der Waals surface area contributed by atoms with E-state index < -0.39 is 5.69 Å². The van der Waals surface area contributed by atoms with Crippen LogP contribution in [0.1, 0.15) is 6.92 Å². The van der Waals surface area contributed by atoms with E-state index in [1.54, 1.807) is 20.1 Å². The highest BCUT2D eigenvalue weighted by Gasteiger charge is 2.14. The zero-order chi connectivity index (χ0) is 14.4. The fraction of sp³-hybridized carbons (Fsp3) is 0.231. The molecule has 0 bridgehead atoms. The molecule has 104 valence electrons. The molecule has 0 atom stereocenters. The standard InChI is InChI=1S/C13H12BrN3O3/c1-3-17-12(18)11-10(16-13(17)19)6-4-9(20-2)7(14)5-8(6)15-11/h4-5,15H,3H2,1-2H3,(H,16,19). The van der Waals surface area contributed by atoms with E-state index in [2.05, 4.69) is 25.9 Å². The predicted octanol–water partition coefficient (Wildman–Crippen LogP) is 1.96. The van der Waals surface area contributed by atoms with Crippen molar-refractivity contribution in [1.29, 1.82) is 0 Å². The molecule has 20 heavy (non-hydrogen) atoms. The third kappa shape index (κ3) is 1.70. The maximum atomic E-state index is 12.3. The van der Waals surface area contributed by atoms with Gasteiger partial charge in [-0.3, -0.25) is 9.36 Å². The van der Waals surface area contributed by atoms with Crippen LogP contribution in [-0.2, 0) is 6.54 Å². The number of methoxy groups -OCH3 is 1. The van der Waals surface area contributed by atoms with E-state index in [4.69, 9.17) is 4.74 Å². The molecule has 3 aromatic rings. The third-order valence-electron chi connectivity index (χ3n) is 3.32. The van der Waals surface area contributed by atoms with Crippen LogP contribution in [0.4, 0.5) is 0 Å². The van der Waals surface area contributed by atoms with Gasteiger partial charge in [0.15, 0.2) is 0 Å². The maximum Gasteiger partial charge on any atom is 0.328 e. The minimum absolute atomic E-state index is 0.322. The van der Waals surface area contributed by atoms with Crippen LogP contribution < -0.4 is 16.0 Å². The lowest BCUT2D eigenvalue weighted by Crippen LogP contribution is -2.34. The van der Waals surface area contributed by atoms with Crippen LogP contribution in [0.5, 0.6) is 5.75 Å². The van der Waals surface area contributed by atoms with Crippen molar-refractivity contribution in [3.8, 4) is 5.75 Å². The second-order valence-electron chi connectivity index (χ2n) is 4.39. The number of hydrogen-bond donors (Lipinski definition) is 2. The molecule has 2 heterocycles. The van der Waals surface area contributed by atoms with Crippen LogP contribution in [0.3, 0.4) is 0 Å². The van der Waals surface area contributed by atoms with Gasteiger partial charge < -0.3 is 14.7 Å². The summed E-state index contributed by atoms with van der Waals surface area (Å²) in [6.07, 6.45) is 0. The summed E-state index contributed by atoms with van der Waals surface area (Å²) < 4.78 is 7.17. The van der Waals surface area contributed by atoms with Gasteiger partial charge in [-0.25, -0.2) is 4.79 Å². The Labute approximate surface area is 121 Å². The van der Waals surface area contributed by atoms with E-state index in [0.717, 1.165) is 19.9 Å². The average molecular weight is 338 g/mol. The number of fused-ring (bicyclic) bond motifs is 3. The van der Waals surface area contributed by atoms with Crippen molar-refractivity contribution in [2.24, 2.45) is 0 Å². The van der Waals surface area contributed by atoms with Crippen molar-refractivity contribution < 1.29 is 4.74 Å². The zero-order valence-electron chi connectivity index (χ0n) is 10.9. The lowest BCUT2D eigenvalue weighted by Gasteiger charge is -2.03. The molecular formula is C13H12BrN3O3. The molecule has 2 N–H and O–H groups in total. The van der Waals surface area contributed by atoms with E-state index in [9.17, 15) is 9.59 Å². The molecule has 1 aromatic carbocycles. The van der Waals surface area contributed by atoms with Crippen molar-refractivity contribution in [2.75, 3.05) is 7.11 Å². The molecule has 6 nitrogen and oxygen atoms in total. The minimum atomic E-state index is -0.409. The molecule has 0 fully saturated rings. The van der Waals surface area contributed by atoms with Gasteiger partial charge in [-0.05, 0) is 35.0 Å². The van der Waals surface area contributed by atoms with Gasteiger partial charge in [0.2, 0.25) is 0 Å². The fourth-order valence-corrected chi connectivity index (χ4v) is 2.84. The zero-order valence-corrected chi connectivity index (χ0v) is 12.5. The normalized spacial score (nSPS) is 11.3. The Morgan fingerprint density at radius 1 is 1.25 bits per heavy atom. The van der Waals surface area contributed by atoms with Crippen LogP contribution in [0, 0.1) is 0 Å². The second-order valence-corrected chi connectivity index (χ2v) is 5.24. The Hall–Kier alpha value is -2.02. The van der Waals surface area contributed by atoms with E-state index in [1.165, 1.54) is 0 Å². The van der Waals surface area contributed by atoms with Crippen molar-refractivity contribution in [3.05, 3.63) is 37.4 Å². The van der Waals surface area contributed by atoms with Crippen LogP contribution in [0.15, 0.2) is 26.2 Å². The van der Waals surface area contributed by atoms with Gasteiger partial charge in [0.25, 0.3) is 5.56 Å². The summed E-state index contributed by atoms with van der Waals surface area (Å²) >= 11 is 3.40. The summed E-state index contributed by atoms with van der Waals surface area (Å²) in [5.74, 6) is 0.638. The summed E-state index contributed by atoms with van der Waals surface area (Å²) in [5.41, 5.74) is 0.923. The Kier molecular flexibility index (Phi) is 2.93. The van der Waals surface area contributed by atoms with Gasteiger partial charge in [-0.1, -0.05) is 0 Å².